The van der Waals surface area contributed by atoms with Crippen LogP contribution in [0.3, 0.4) is 0 Å². The molecular weight excluding hydrogens is 361 g/mol. The summed E-state index contributed by atoms with van der Waals surface area (Å²) in [4.78, 5) is 25.7. The molecule has 27 heavy (non-hydrogen) atoms. The maximum absolute atomic E-state index is 12.4. The van der Waals surface area contributed by atoms with Gasteiger partial charge in [0.15, 0.2) is 0 Å². The lowest BCUT2D eigenvalue weighted by Gasteiger charge is -2.17. The number of ether oxygens (including phenoxy) is 1. The number of anilines is 1. The fraction of sp³-hybridized carbons (Fsp3) is 0.263. The molecule has 0 atom stereocenters. The van der Waals surface area contributed by atoms with Crippen molar-refractivity contribution in [3.8, 4) is 5.75 Å². The van der Waals surface area contributed by atoms with Gasteiger partial charge in [-0.3, -0.25) is 9.59 Å². The number of aryl methyl sites for hydroxylation is 2. The summed E-state index contributed by atoms with van der Waals surface area (Å²) in [5.41, 5.74) is 2.80. The number of likely N-dealkylation sites (N-methyl/N-ethyl adjacent to an activating group) is 1. The molecule has 2 aromatic rings. The van der Waals surface area contributed by atoms with Gasteiger partial charge in [0, 0.05) is 18.3 Å². The number of amides is 2. The van der Waals surface area contributed by atoms with E-state index in [1.165, 1.54) is 24.1 Å². The van der Waals surface area contributed by atoms with Crippen LogP contribution in [0, 0.1) is 13.8 Å². The Morgan fingerprint density at radius 1 is 1.04 bits per heavy atom. The van der Waals surface area contributed by atoms with Crippen LogP contribution >= 0.6 is 0 Å². The van der Waals surface area contributed by atoms with Crippen LogP contribution in [0.25, 0.3) is 0 Å². The van der Waals surface area contributed by atoms with Crippen LogP contribution in [0.5, 0.6) is 5.75 Å². The van der Waals surface area contributed by atoms with Crippen molar-refractivity contribution < 1.29 is 27.5 Å². The normalized spacial score (nSPS) is 11.0. The van der Waals surface area contributed by atoms with E-state index in [0.29, 0.717) is 11.3 Å². The summed E-state index contributed by atoms with van der Waals surface area (Å²) in [6.45, 7) is 3.63. The molecule has 144 valence electrons. The first-order chi connectivity index (χ1) is 12.5. The lowest BCUT2D eigenvalue weighted by Crippen LogP contribution is -2.35. The second-order valence-corrected chi connectivity index (χ2v) is 6.08. The molecule has 0 bridgehead atoms. The van der Waals surface area contributed by atoms with E-state index < -0.39 is 12.3 Å². The van der Waals surface area contributed by atoms with Crippen LogP contribution in [0.1, 0.15) is 21.5 Å². The molecule has 0 saturated heterocycles. The maximum Gasteiger partial charge on any atom is 0.573 e. The predicted octanol–water partition coefficient (Wildman–Crippen LogP) is 3.91. The van der Waals surface area contributed by atoms with E-state index in [1.54, 1.807) is 12.1 Å². The number of hydrogen-bond acceptors (Lipinski definition) is 3. The quantitative estimate of drug-likeness (QED) is 0.856. The number of carbonyl (C=O) groups excluding carboxylic acids is 2. The van der Waals surface area contributed by atoms with Crippen molar-refractivity contribution >= 4 is 17.5 Å². The Kier molecular flexibility index (Phi) is 6.09. The molecular formula is C19H19F3N2O3. The zero-order valence-corrected chi connectivity index (χ0v) is 15.1. The summed E-state index contributed by atoms with van der Waals surface area (Å²) in [7, 11) is 1.50. The van der Waals surface area contributed by atoms with E-state index in [-0.39, 0.29) is 18.2 Å². The van der Waals surface area contributed by atoms with Crippen molar-refractivity contribution in [3.05, 3.63) is 59.2 Å². The number of benzene rings is 2. The van der Waals surface area contributed by atoms with E-state index in [2.05, 4.69) is 10.1 Å². The molecule has 0 heterocycles. The molecule has 0 fully saturated rings. The van der Waals surface area contributed by atoms with Gasteiger partial charge in [-0.2, -0.15) is 0 Å². The molecule has 2 aromatic carbocycles. The first-order valence-electron chi connectivity index (χ1n) is 8.03. The highest BCUT2D eigenvalue weighted by molar-refractivity contribution is 5.99. The Labute approximate surface area is 154 Å². The third-order valence-electron chi connectivity index (χ3n) is 3.85. The molecule has 5 nitrogen and oxygen atoms in total. The van der Waals surface area contributed by atoms with Gasteiger partial charge in [-0.1, -0.05) is 6.07 Å². The Balaban J connectivity index is 1.94. The Bertz CT molecular complexity index is 833. The number of hydrogen-bond donors (Lipinski definition) is 1. The fourth-order valence-electron chi connectivity index (χ4n) is 2.32. The highest BCUT2D eigenvalue weighted by Gasteiger charge is 2.31. The minimum Gasteiger partial charge on any atom is -0.406 e. The number of carbonyl (C=O) groups is 2. The van der Waals surface area contributed by atoms with Gasteiger partial charge in [-0.25, -0.2) is 0 Å². The monoisotopic (exact) mass is 380 g/mol. The molecule has 0 spiro atoms. The average Bonchev–Trinajstić information content (AvgIpc) is 2.57. The minimum atomic E-state index is -4.78. The Morgan fingerprint density at radius 3 is 2.22 bits per heavy atom. The molecule has 2 rings (SSSR count). The third-order valence-corrected chi connectivity index (χ3v) is 3.85. The van der Waals surface area contributed by atoms with Gasteiger partial charge >= 0.3 is 6.36 Å². The molecule has 0 aliphatic rings. The van der Waals surface area contributed by atoms with Crippen molar-refractivity contribution in [1.82, 2.24) is 4.90 Å². The topological polar surface area (TPSA) is 58.6 Å². The van der Waals surface area contributed by atoms with Gasteiger partial charge in [0.1, 0.15) is 5.75 Å². The largest absolute Gasteiger partial charge is 0.573 e. The summed E-state index contributed by atoms with van der Waals surface area (Å²) in [5.74, 6) is -1.16. The van der Waals surface area contributed by atoms with E-state index >= 15 is 0 Å². The molecule has 1 N–H and O–H groups in total. The van der Waals surface area contributed by atoms with Gasteiger partial charge in [0.25, 0.3) is 5.91 Å². The summed E-state index contributed by atoms with van der Waals surface area (Å²) >= 11 is 0. The first kappa shape index (κ1) is 20.3. The van der Waals surface area contributed by atoms with Crippen molar-refractivity contribution in [2.45, 2.75) is 20.2 Å². The second-order valence-electron chi connectivity index (χ2n) is 6.08. The molecule has 0 aromatic heterocycles. The molecule has 0 saturated carbocycles. The van der Waals surface area contributed by atoms with Crippen molar-refractivity contribution in [3.63, 3.8) is 0 Å². The van der Waals surface area contributed by atoms with Gasteiger partial charge < -0.3 is 15.0 Å². The summed E-state index contributed by atoms with van der Waals surface area (Å²) in [6.07, 6.45) is -4.78. The van der Waals surface area contributed by atoms with Gasteiger partial charge in [0.2, 0.25) is 5.91 Å². The zero-order valence-electron chi connectivity index (χ0n) is 15.1. The molecule has 8 heteroatoms. The minimum absolute atomic E-state index is 0.202. The number of alkyl halides is 3. The lowest BCUT2D eigenvalue weighted by molar-refractivity contribution is -0.274. The lowest BCUT2D eigenvalue weighted by atomic mass is 10.1. The standard InChI is InChI=1S/C19H19F3N2O3/c1-12-4-5-14(10-13(12)2)18(26)24(3)11-17(25)23-15-6-8-16(9-7-15)27-19(20,21)22/h4-10H,11H2,1-3H3,(H,23,25). The van der Waals surface area contributed by atoms with Crippen molar-refractivity contribution in [2.24, 2.45) is 0 Å². The molecule has 0 aliphatic carbocycles. The summed E-state index contributed by atoms with van der Waals surface area (Å²) in [6, 6.07) is 10.0. The number of nitrogens with zero attached hydrogens (tertiary/aromatic N) is 1. The van der Waals surface area contributed by atoms with Crippen LogP contribution in [-0.4, -0.2) is 36.7 Å². The molecule has 0 unspecified atom stereocenters. The van der Waals surface area contributed by atoms with E-state index in [9.17, 15) is 22.8 Å². The fourth-order valence-corrected chi connectivity index (χ4v) is 2.32. The third kappa shape index (κ3) is 6.02. The summed E-state index contributed by atoms with van der Waals surface area (Å²) in [5, 5.41) is 2.52. The summed E-state index contributed by atoms with van der Waals surface area (Å²) < 4.78 is 40.1. The first-order valence-corrected chi connectivity index (χ1v) is 8.03. The van der Waals surface area contributed by atoms with Crippen LogP contribution in [-0.2, 0) is 4.79 Å². The number of rotatable bonds is 5. The van der Waals surface area contributed by atoms with E-state index in [1.807, 2.05) is 19.9 Å². The van der Waals surface area contributed by atoms with Crippen molar-refractivity contribution in [2.75, 3.05) is 18.9 Å². The van der Waals surface area contributed by atoms with Crippen LogP contribution in [0.4, 0.5) is 18.9 Å². The van der Waals surface area contributed by atoms with Gasteiger partial charge in [-0.15, -0.1) is 13.2 Å². The smallest absolute Gasteiger partial charge is 0.406 e. The second kappa shape index (κ2) is 8.11. The van der Waals surface area contributed by atoms with Crippen LogP contribution in [0.15, 0.2) is 42.5 Å². The van der Waals surface area contributed by atoms with E-state index in [0.717, 1.165) is 23.3 Å². The molecule has 2 amide bonds. The van der Waals surface area contributed by atoms with E-state index in [4.69, 9.17) is 0 Å². The SMILES string of the molecule is Cc1ccc(C(=O)N(C)CC(=O)Nc2ccc(OC(F)(F)F)cc2)cc1C. The highest BCUT2D eigenvalue weighted by Crippen LogP contribution is 2.24. The van der Waals surface area contributed by atoms with Crippen LogP contribution in [0.2, 0.25) is 0 Å². The van der Waals surface area contributed by atoms with Gasteiger partial charge in [-0.05, 0) is 61.4 Å². The van der Waals surface area contributed by atoms with Gasteiger partial charge in [0.05, 0.1) is 6.54 Å². The maximum atomic E-state index is 12.4. The average molecular weight is 380 g/mol. The predicted molar refractivity (Wildman–Crippen MR) is 94.6 cm³/mol. The number of halogens is 3. The van der Waals surface area contributed by atoms with Crippen molar-refractivity contribution in [1.29, 1.82) is 0 Å². The van der Waals surface area contributed by atoms with Crippen LogP contribution < -0.4 is 10.1 Å². The zero-order chi connectivity index (χ0) is 20.2. The Hall–Kier alpha value is -3.03. The highest BCUT2D eigenvalue weighted by atomic mass is 19.4. The molecule has 0 aliphatic heterocycles. The number of nitrogens with one attached hydrogen (secondary N) is 1. The molecule has 0 radical (unpaired) electrons. The Morgan fingerprint density at radius 2 is 1.67 bits per heavy atom.